The summed E-state index contributed by atoms with van der Waals surface area (Å²) in [6, 6.07) is 25.9. The lowest BCUT2D eigenvalue weighted by molar-refractivity contribution is -0.143. The second kappa shape index (κ2) is 12.4. The highest BCUT2D eigenvalue weighted by Gasteiger charge is 2.29. The van der Waals surface area contributed by atoms with Gasteiger partial charge < -0.3 is 20.1 Å². The Bertz CT molecular complexity index is 1120. The van der Waals surface area contributed by atoms with Crippen molar-refractivity contribution in [1.82, 2.24) is 10.6 Å². The molecule has 1 aliphatic carbocycles. The summed E-state index contributed by atoms with van der Waals surface area (Å²) >= 11 is 0. The van der Waals surface area contributed by atoms with E-state index in [-0.39, 0.29) is 37.7 Å². The molecule has 0 fully saturated rings. The average Bonchev–Trinajstić information content (AvgIpc) is 3.20. The molecular formula is C30H34N2O4. The fraction of sp³-hybridized carbons (Fsp3) is 0.333. The molecule has 0 saturated carbocycles. The SMILES string of the molecule is CC(C)C[C@@H](CNCC(=O)OCc1ccccc1)NC(=O)OCC1c2ccccc2-c2ccccc21. The van der Waals surface area contributed by atoms with Gasteiger partial charge in [0, 0.05) is 18.5 Å². The van der Waals surface area contributed by atoms with E-state index in [1.807, 2.05) is 54.6 Å². The molecule has 1 amide bonds. The predicted octanol–water partition coefficient (Wildman–Crippen LogP) is 5.27. The van der Waals surface area contributed by atoms with E-state index >= 15 is 0 Å². The zero-order chi connectivity index (χ0) is 25.3. The van der Waals surface area contributed by atoms with E-state index < -0.39 is 6.09 Å². The minimum absolute atomic E-state index is 0.0178. The second-order valence-electron chi connectivity index (χ2n) is 9.57. The molecule has 4 rings (SSSR count). The zero-order valence-corrected chi connectivity index (χ0v) is 20.9. The van der Waals surface area contributed by atoms with Gasteiger partial charge in [0.05, 0.1) is 6.54 Å². The number of amides is 1. The van der Waals surface area contributed by atoms with Crippen LogP contribution in [0, 0.1) is 5.92 Å². The number of nitrogens with one attached hydrogen (secondary N) is 2. The van der Waals surface area contributed by atoms with E-state index in [0.29, 0.717) is 12.5 Å². The van der Waals surface area contributed by atoms with Crippen molar-refractivity contribution in [2.75, 3.05) is 19.7 Å². The van der Waals surface area contributed by atoms with Gasteiger partial charge in [0.2, 0.25) is 0 Å². The molecule has 0 aromatic heterocycles. The van der Waals surface area contributed by atoms with E-state index in [1.165, 1.54) is 22.3 Å². The number of benzene rings is 3. The number of rotatable bonds is 11. The first kappa shape index (κ1) is 25.5. The van der Waals surface area contributed by atoms with Crippen LogP contribution in [0.1, 0.15) is 42.9 Å². The van der Waals surface area contributed by atoms with Crippen LogP contribution in [0.3, 0.4) is 0 Å². The van der Waals surface area contributed by atoms with Crippen LogP contribution in [0.15, 0.2) is 78.9 Å². The zero-order valence-electron chi connectivity index (χ0n) is 20.9. The monoisotopic (exact) mass is 486 g/mol. The summed E-state index contributed by atoms with van der Waals surface area (Å²) < 4.78 is 11.0. The summed E-state index contributed by atoms with van der Waals surface area (Å²) in [5.41, 5.74) is 5.70. The summed E-state index contributed by atoms with van der Waals surface area (Å²) in [7, 11) is 0. The van der Waals surface area contributed by atoms with Gasteiger partial charge in [0.15, 0.2) is 0 Å². The van der Waals surface area contributed by atoms with Crippen LogP contribution in [0.25, 0.3) is 11.1 Å². The van der Waals surface area contributed by atoms with E-state index in [9.17, 15) is 9.59 Å². The maximum atomic E-state index is 12.7. The molecule has 1 atom stereocenters. The number of ether oxygens (including phenoxy) is 2. The highest BCUT2D eigenvalue weighted by Crippen LogP contribution is 2.44. The van der Waals surface area contributed by atoms with Crippen LogP contribution in [0.4, 0.5) is 4.79 Å². The molecule has 1 aliphatic rings. The maximum absolute atomic E-state index is 12.7. The summed E-state index contributed by atoms with van der Waals surface area (Å²) in [6.07, 6.45) is 0.312. The minimum Gasteiger partial charge on any atom is -0.460 e. The Morgan fingerprint density at radius 3 is 2.08 bits per heavy atom. The number of hydrogen-bond donors (Lipinski definition) is 2. The van der Waals surface area contributed by atoms with Crippen LogP contribution in [0.2, 0.25) is 0 Å². The van der Waals surface area contributed by atoms with Crippen LogP contribution in [0.5, 0.6) is 0 Å². The molecule has 0 unspecified atom stereocenters. The van der Waals surface area contributed by atoms with E-state index in [0.717, 1.165) is 12.0 Å². The Labute approximate surface area is 213 Å². The second-order valence-corrected chi connectivity index (χ2v) is 9.57. The maximum Gasteiger partial charge on any atom is 0.407 e. The Morgan fingerprint density at radius 1 is 0.833 bits per heavy atom. The number of carbonyl (C=O) groups excluding carboxylic acids is 2. The van der Waals surface area contributed by atoms with E-state index in [2.05, 4.69) is 48.7 Å². The number of esters is 1. The van der Waals surface area contributed by atoms with Gasteiger partial charge in [-0.05, 0) is 40.2 Å². The van der Waals surface area contributed by atoms with Crippen molar-refractivity contribution in [2.45, 2.75) is 38.8 Å². The van der Waals surface area contributed by atoms with Gasteiger partial charge in [-0.3, -0.25) is 4.79 Å². The fourth-order valence-corrected chi connectivity index (χ4v) is 4.71. The lowest BCUT2D eigenvalue weighted by Crippen LogP contribution is -2.44. The largest absolute Gasteiger partial charge is 0.460 e. The van der Waals surface area contributed by atoms with Crippen molar-refractivity contribution in [1.29, 1.82) is 0 Å². The van der Waals surface area contributed by atoms with Crippen molar-refractivity contribution >= 4 is 12.1 Å². The van der Waals surface area contributed by atoms with Crippen molar-refractivity contribution in [2.24, 2.45) is 5.92 Å². The first-order chi connectivity index (χ1) is 17.5. The van der Waals surface area contributed by atoms with Crippen molar-refractivity contribution in [3.05, 3.63) is 95.6 Å². The van der Waals surface area contributed by atoms with Crippen molar-refractivity contribution in [3.8, 4) is 11.1 Å². The molecule has 0 aliphatic heterocycles. The summed E-state index contributed by atoms with van der Waals surface area (Å²) in [4.78, 5) is 24.8. The van der Waals surface area contributed by atoms with Gasteiger partial charge in [-0.1, -0.05) is 92.7 Å². The molecule has 2 N–H and O–H groups in total. The normalized spacial score (nSPS) is 13.1. The van der Waals surface area contributed by atoms with Gasteiger partial charge >= 0.3 is 12.1 Å². The van der Waals surface area contributed by atoms with E-state index in [4.69, 9.17) is 9.47 Å². The molecule has 3 aromatic carbocycles. The molecule has 3 aromatic rings. The van der Waals surface area contributed by atoms with Crippen molar-refractivity contribution < 1.29 is 19.1 Å². The summed E-state index contributed by atoms with van der Waals surface area (Å²) in [5.74, 6) is 0.0585. The Kier molecular flexibility index (Phi) is 8.74. The molecule has 188 valence electrons. The topological polar surface area (TPSA) is 76.7 Å². The molecule has 36 heavy (non-hydrogen) atoms. The number of fused-ring (bicyclic) bond motifs is 3. The van der Waals surface area contributed by atoms with Crippen LogP contribution in [-0.2, 0) is 20.9 Å². The molecule has 0 saturated heterocycles. The minimum atomic E-state index is -0.448. The first-order valence-electron chi connectivity index (χ1n) is 12.5. The quantitative estimate of drug-likeness (QED) is 0.361. The number of alkyl carbamates (subject to hydrolysis) is 1. The smallest absolute Gasteiger partial charge is 0.407 e. The molecule has 0 spiro atoms. The Balaban J connectivity index is 1.26. The van der Waals surface area contributed by atoms with Gasteiger partial charge in [-0.15, -0.1) is 0 Å². The van der Waals surface area contributed by atoms with Crippen LogP contribution < -0.4 is 10.6 Å². The fourth-order valence-electron chi connectivity index (χ4n) is 4.71. The molecule has 0 heterocycles. The summed E-state index contributed by atoms with van der Waals surface area (Å²) in [6.45, 7) is 5.24. The lowest BCUT2D eigenvalue weighted by Gasteiger charge is -2.22. The van der Waals surface area contributed by atoms with Gasteiger partial charge in [-0.25, -0.2) is 4.79 Å². The highest BCUT2D eigenvalue weighted by molar-refractivity contribution is 5.79. The predicted molar refractivity (Wildman–Crippen MR) is 141 cm³/mol. The van der Waals surface area contributed by atoms with Gasteiger partial charge in [0.25, 0.3) is 0 Å². The van der Waals surface area contributed by atoms with Crippen molar-refractivity contribution in [3.63, 3.8) is 0 Å². The van der Waals surface area contributed by atoms with Crippen LogP contribution in [-0.4, -0.2) is 37.8 Å². The molecular weight excluding hydrogens is 452 g/mol. The first-order valence-corrected chi connectivity index (χ1v) is 12.5. The molecule has 6 nitrogen and oxygen atoms in total. The van der Waals surface area contributed by atoms with Crippen LogP contribution >= 0.6 is 0 Å². The third-order valence-electron chi connectivity index (χ3n) is 6.32. The standard InChI is InChI=1S/C30H34N2O4/c1-21(2)16-23(17-31-18-29(33)35-19-22-10-4-3-5-11-22)32-30(34)36-20-28-26-14-8-6-12-24(26)25-13-7-9-15-27(25)28/h3-15,21,23,28,31H,16-20H2,1-2H3,(H,32,34)/t23-/m0/s1. The highest BCUT2D eigenvalue weighted by atomic mass is 16.5. The number of hydrogen-bond acceptors (Lipinski definition) is 5. The molecule has 0 radical (unpaired) electrons. The Morgan fingerprint density at radius 2 is 1.44 bits per heavy atom. The van der Waals surface area contributed by atoms with E-state index in [1.54, 1.807) is 0 Å². The number of carbonyl (C=O) groups is 2. The lowest BCUT2D eigenvalue weighted by atomic mass is 9.98. The van der Waals surface area contributed by atoms with Gasteiger partial charge in [-0.2, -0.15) is 0 Å². The third kappa shape index (κ3) is 6.73. The third-order valence-corrected chi connectivity index (χ3v) is 6.32. The summed E-state index contributed by atoms with van der Waals surface area (Å²) in [5, 5.41) is 6.09. The van der Waals surface area contributed by atoms with Gasteiger partial charge in [0.1, 0.15) is 13.2 Å². The molecule has 6 heteroatoms. The Hall–Kier alpha value is -3.64. The molecule has 0 bridgehead atoms. The average molecular weight is 487 g/mol.